The number of hydrogen-bond donors (Lipinski definition) is 1. The molecule has 0 unspecified atom stereocenters. The molecule has 6 heteroatoms. The zero-order valence-corrected chi connectivity index (χ0v) is 8.43. The summed E-state index contributed by atoms with van der Waals surface area (Å²) in [5.41, 5.74) is 0.490. The number of rotatable bonds is 3. The van der Waals surface area contributed by atoms with Gasteiger partial charge in [-0.15, -0.1) is 0 Å². The van der Waals surface area contributed by atoms with E-state index < -0.39 is 10.9 Å². The van der Waals surface area contributed by atoms with Crippen LogP contribution in [-0.2, 0) is 11.2 Å². The van der Waals surface area contributed by atoms with E-state index in [-0.39, 0.29) is 23.2 Å². The Morgan fingerprint density at radius 3 is 2.69 bits per heavy atom. The number of benzene rings is 1. The molecule has 1 N–H and O–H groups in total. The quantitative estimate of drug-likeness (QED) is 0.612. The average molecular weight is 220 g/mol. The molecule has 0 aromatic heterocycles. The van der Waals surface area contributed by atoms with E-state index in [2.05, 4.69) is 0 Å². The summed E-state index contributed by atoms with van der Waals surface area (Å²) in [7, 11) is 0. The van der Waals surface area contributed by atoms with Crippen molar-refractivity contribution in [1.82, 2.24) is 0 Å². The van der Waals surface area contributed by atoms with Crippen LogP contribution in [0.5, 0.6) is 0 Å². The molecule has 82 valence electrons. The number of nitro groups is 1. The molecule has 1 rings (SSSR count). The van der Waals surface area contributed by atoms with Gasteiger partial charge in [0.1, 0.15) is 0 Å². The molecule has 0 spiro atoms. The molecule has 0 atom stereocenters. The van der Waals surface area contributed by atoms with Gasteiger partial charge < -0.3 is 5.11 Å². The number of hydrogen-bond acceptors (Lipinski definition) is 4. The summed E-state index contributed by atoms with van der Waals surface area (Å²) in [4.78, 5) is 20.5. The lowest BCUT2D eigenvalue weighted by atomic mass is 10.0. The summed E-state index contributed by atoms with van der Waals surface area (Å²) in [6.45, 7) is 1.50. The molecule has 0 saturated carbocycles. The Bertz CT molecular complexity index is 502. The first-order chi connectivity index (χ1) is 7.45. The Morgan fingerprint density at radius 1 is 1.62 bits per heavy atom. The SMILES string of the molecule is Cc1cc(CC(=O)O)c(C#N)cc1[N+](=O)[O-]. The molecule has 0 aliphatic carbocycles. The average Bonchev–Trinajstić information content (AvgIpc) is 2.16. The van der Waals surface area contributed by atoms with Gasteiger partial charge in [-0.25, -0.2) is 0 Å². The highest BCUT2D eigenvalue weighted by Crippen LogP contribution is 2.22. The maximum absolute atomic E-state index is 10.6. The van der Waals surface area contributed by atoms with Gasteiger partial charge in [-0.3, -0.25) is 14.9 Å². The number of nitrogens with zero attached hydrogens (tertiary/aromatic N) is 2. The molecular formula is C10H8N2O4. The molecule has 0 bridgehead atoms. The second-order valence-corrected chi connectivity index (χ2v) is 3.24. The first kappa shape index (κ1) is 11.7. The molecule has 0 fully saturated rings. The lowest BCUT2D eigenvalue weighted by molar-refractivity contribution is -0.385. The van der Waals surface area contributed by atoms with E-state index in [4.69, 9.17) is 10.4 Å². The highest BCUT2D eigenvalue weighted by atomic mass is 16.6. The van der Waals surface area contributed by atoms with Crippen molar-refractivity contribution in [2.24, 2.45) is 0 Å². The molecule has 0 radical (unpaired) electrons. The predicted molar refractivity (Wildman–Crippen MR) is 53.9 cm³/mol. The van der Waals surface area contributed by atoms with E-state index >= 15 is 0 Å². The van der Waals surface area contributed by atoms with E-state index in [0.717, 1.165) is 6.07 Å². The van der Waals surface area contributed by atoms with Crippen LogP contribution in [-0.4, -0.2) is 16.0 Å². The third-order valence-electron chi connectivity index (χ3n) is 2.08. The zero-order chi connectivity index (χ0) is 12.3. The van der Waals surface area contributed by atoms with Crippen molar-refractivity contribution >= 4 is 11.7 Å². The fraction of sp³-hybridized carbons (Fsp3) is 0.200. The molecule has 1 aromatic rings. The summed E-state index contributed by atoms with van der Waals surface area (Å²) in [5, 5.41) is 28.0. The fourth-order valence-corrected chi connectivity index (χ4v) is 1.37. The number of carbonyl (C=O) groups is 1. The zero-order valence-electron chi connectivity index (χ0n) is 8.43. The van der Waals surface area contributed by atoms with Gasteiger partial charge in [-0.1, -0.05) is 0 Å². The van der Waals surface area contributed by atoms with Crippen LogP contribution in [0.15, 0.2) is 12.1 Å². The van der Waals surface area contributed by atoms with Crippen LogP contribution < -0.4 is 0 Å². The lowest BCUT2D eigenvalue weighted by Crippen LogP contribution is -2.04. The molecule has 16 heavy (non-hydrogen) atoms. The van der Waals surface area contributed by atoms with Crippen LogP contribution >= 0.6 is 0 Å². The van der Waals surface area contributed by atoms with Gasteiger partial charge in [0.15, 0.2) is 0 Å². The van der Waals surface area contributed by atoms with Crippen LogP contribution in [0.3, 0.4) is 0 Å². The van der Waals surface area contributed by atoms with Crippen molar-refractivity contribution in [2.45, 2.75) is 13.3 Å². The van der Waals surface area contributed by atoms with E-state index in [0.29, 0.717) is 5.56 Å². The monoisotopic (exact) mass is 220 g/mol. The predicted octanol–water partition coefficient (Wildman–Crippen LogP) is 1.40. The van der Waals surface area contributed by atoms with Crippen molar-refractivity contribution in [1.29, 1.82) is 5.26 Å². The third kappa shape index (κ3) is 2.33. The highest BCUT2D eigenvalue weighted by Gasteiger charge is 2.16. The Labute approximate surface area is 90.9 Å². The Balaban J connectivity index is 3.33. The van der Waals surface area contributed by atoms with E-state index in [1.807, 2.05) is 0 Å². The maximum atomic E-state index is 10.6. The van der Waals surface area contributed by atoms with Gasteiger partial charge >= 0.3 is 5.97 Å². The number of aliphatic carboxylic acids is 1. The highest BCUT2D eigenvalue weighted by molar-refractivity contribution is 5.72. The standard InChI is InChI=1S/C10H8N2O4/c1-6-2-7(4-10(13)14)8(5-11)3-9(6)12(15)16/h2-3H,4H2,1H3,(H,13,14). The largest absolute Gasteiger partial charge is 0.481 e. The third-order valence-corrected chi connectivity index (χ3v) is 2.08. The minimum absolute atomic E-state index is 0.0275. The van der Waals surface area contributed by atoms with Crippen molar-refractivity contribution in [3.63, 3.8) is 0 Å². The Hall–Kier alpha value is -2.42. The maximum Gasteiger partial charge on any atom is 0.307 e. The second kappa shape index (κ2) is 4.40. The first-order valence-corrected chi connectivity index (χ1v) is 4.35. The number of nitro benzene ring substituents is 1. The smallest absolute Gasteiger partial charge is 0.307 e. The molecule has 6 nitrogen and oxygen atoms in total. The number of carboxylic acids is 1. The number of aryl methyl sites for hydroxylation is 1. The van der Waals surface area contributed by atoms with Gasteiger partial charge in [0, 0.05) is 11.6 Å². The van der Waals surface area contributed by atoms with E-state index in [9.17, 15) is 14.9 Å². The van der Waals surface area contributed by atoms with Gasteiger partial charge in [0.05, 0.1) is 23.0 Å². The van der Waals surface area contributed by atoms with Crippen molar-refractivity contribution < 1.29 is 14.8 Å². The van der Waals surface area contributed by atoms with Gasteiger partial charge in [0.2, 0.25) is 0 Å². The minimum atomic E-state index is -1.08. The minimum Gasteiger partial charge on any atom is -0.481 e. The summed E-state index contributed by atoms with van der Waals surface area (Å²) in [6.07, 6.45) is -0.318. The van der Waals surface area contributed by atoms with Gasteiger partial charge in [-0.2, -0.15) is 5.26 Å². The van der Waals surface area contributed by atoms with Gasteiger partial charge in [0.25, 0.3) is 5.69 Å². The summed E-state index contributed by atoms with van der Waals surface area (Å²) in [5.74, 6) is -1.08. The molecule has 0 saturated heterocycles. The van der Waals surface area contributed by atoms with Crippen LogP contribution in [0.1, 0.15) is 16.7 Å². The summed E-state index contributed by atoms with van der Waals surface area (Å²) < 4.78 is 0. The number of nitriles is 1. The molecular weight excluding hydrogens is 212 g/mol. The topological polar surface area (TPSA) is 104 Å². The molecule has 0 heterocycles. The molecule has 0 aliphatic rings. The van der Waals surface area contributed by atoms with Gasteiger partial charge in [-0.05, 0) is 18.6 Å². The second-order valence-electron chi connectivity index (χ2n) is 3.24. The Morgan fingerprint density at radius 2 is 2.25 bits per heavy atom. The normalized spacial score (nSPS) is 9.50. The first-order valence-electron chi connectivity index (χ1n) is 4.35. The van der Waals surface area contributed by atoms with Crippen molar-refractivity contribution in [3.8, 4) is 6.07 Å². The molecule has 0 amide bonds. The fourth-order valence-electron chi connectivity index (χ4n) is 1.37. The van der Waals surface area contributed by atoms with Crippen LogP contribution in [0, 0.1) is 28.4 Å². The van der Waals surface area contributed by atoms with Crippen LogP contribution in [0.25, 0.3) is 0 Å². The summed E-state index contributed by atoms with van der Waals surface area (Å²) in [6, 6.07) is 4.23. The van der Waals surface area contributed by atoms with Crippen molar-refractivity contribution in [2.75, 3.05) is 0 Å². The van der Waals surface area contributed by atoms with E-state index in [1.165, 1.54) is 13.0 Å². The lowest BCUT2D eigenvalue weighted by Gasteiger charge is -2.03. The van der Waals surface area contributed by atoms with Crippen molar-refractivity contribution in [3.05, 3.63) is 38.9 Å². The van der Waals surface area contributed by atoms with Crippen LogP contribution in [0.2, 0.25) is 0 Å². The molecule has 1 aromatic carbocycles. The summed E-state index contributed by atoms with van der Waals surface area (Å²) >= 11 is 0. The molecule has 0 aliphatic heterocycles. The Kier molecular flexibility index (Phi) is 3.20. The van der Waals surface area contributed by atoms with E-state index in [1.54, 1.807) is 6.07 Å². The van der Waals surface area contributed by atoms with Crippen LogP contribution in [0.4, 0.5) is 5.69 Å². The number of carboxylic acid groups (broad SMARTS) is 1.